The van der Waals surface area contributed by atoms with Crippen molar-refractivity contribution >= 4 is 21.9 Å². The minimum absolute atomic E-state index is 0.00935. The van der Waals surface area contributed by atoms with Gasteiger partial charge in [-0.05, 0) is 44.0 Å². The largest absolute Gasteiger partial charge is 0.479 e. The number of aliphatic carboxylic acids is 1. The Morgan fingerprint density at radius 3 is 2.39 bits per heavy atom. The Morgan fingerprint density at radius 2 is 1.91 bits per heavy atom. The molecular weight excluding hydrogens is 322 g/mol. The zero-order valence-corrected chi connectivity index (χ0v) is 14.2. The highest BCUT2D eigenvalue weighted by atomic mass is 32.2. The molecule has 1 aromatic carbocycles. The van der Waals surface area contributed by atoms with Gasteiger partial charge >= 0.3 is 12.1 Å². The molecule has 7 nitrogen and oxygen atoms in total. The molecule has 0 fully saturated rings. The molecule has 1 aliphatic heterocycles. The summed E-state index contributed by atoms with van der Waals surface area (Å²) < 4.78 is 28.5. The van der Waals surface area contributed by atoms with Gasteiger partial charge in [0.05, 0.1) is 11.4 Å². The van der Waals surface area contributed by atoms with E-state index >= 15 is 0 Å². The summed E-state index contributed by atoms with van der Waals surface area (Å²) in [6.07, 6.45) is 0.325. The maximum atomic E-state index is 12.2. The maximum absolute atomic E-state index is 12.2. The van der Waals surface area contributed by atoms with Crippen LogP contribution >= 0.6 is 0 Å². The number of sulfone groups is 1. The summed E-state index contributed by atoms with van der Waals surface area (Å²) in [4.78, 5) is 25.0. The van der Waals surface area contributed by atoms with Gasteiger partial charge < -0.3 is 9.84 Å². The third-order valence-corrected chi connectivity index (χ3v) is 4.46. The lowest BCUT2D eigenvalue weighted by molar-refractivity contribution is -0.143. The number of carboxylic acids is 1. The van der Waals surface area contributed by atoms with Crippen LogP contribution in [0.25, 0.3) is 0 Å². The third-order valence-electron chi connectivity index (χ3n) is 3.35. The van der Waals surface area contributed by atoms with Crippen molar-refractivity contribution in [3.8, 4) is 0 Å². The van der Waals surface area contributed by atoms with Gasteiger partial charge in [-0.3, -0.25) is 4.90 Å². The highest BCUT2D eigenvalue weighted by Gasteiger charge is 2.40. The topological polar surface area (TPSA) is 101 Å². The highest BCUT2D eigenvalue weighted by molar-refractivity contribution is 7.90. The molecule has 0 bridgehead atoms. The molecule has 0 aromatic heterocycles. The fourth-order valence-corrected chi connectivity index (χ4v) is 3.09. The third kappa shape index (κ3) is 3.64. The predicted molar refractivity (Wildman–Crippen MR) is 81.7 cm³/mol. The molecular formula is C15H19NO6S. The van der Waals surface area contributed by atoms with Gasteiger partial charge in [-0.1, -0.05) is 6.07 Å². The second-order valence-corrected chi connectivity index (χ2v) is 8.50. The molecule has 1 atom stereocenters. The SMILES string of the molecule is CC(C)(C)OC(=O)N1Cc2cc(S(C)(=O)=O)ccc2C1C(=O)O. The van der Waals surface area contributed by atoms with Crippen molar-refractivity contribution < 1.29 is 27.9 Å². The first kappa shape index (κ1) is 17.3. The van der Waals surface area contributed by atoms with E-state index in [2.05, 4.69) is 0 Å². The summed E-state index contributed by atoms with van der Waals surface area (Å²) in [5, 5.41) is 9.44. The van der Waals surface area contributed by atoms with Crippen molar-refractivity contribution in [2.45, 2.75) is 43.9 Å². The molecule has 23 heavy (non-hydrogen) atoms. The van der Waals surface area contributed by atoms with Gasteiger partial charge in [-0.2, -0.15) is 0 Å². The van der Waals surface area contributed by atoms with E-state index in [0.29, 0.717) is 11.1 Å². The Hall–Kier alpha value is -2.09. The van der Waals surface area contributed by atoms with Crippen LogP contribution in [0.15, 0.2) is 23.1 Å². The molecule has 8 heteroatoms. The van der Waals surface area contributed by atoms with E-state index in [1.807, 2.05) is 0 Å². The Labute approximate surface area is 134 Å². The average molecular weight is 341 g/mol. The van der Waals surface area contributed by atoms with Crippen LogP contribution in [0.4, 0.5) is 4.79 Å². The Bertz CT molecular complexity index is 763. The van der Waals surface area contributed by atoms with E-state index in [0.717, 1.165) is 11.2 Å². The van der Waals surface area contributed by atoms with Gasteiger partial charge in [0.1, 0.15) is 5.60 Å². The van der Waals surface area contributed by atoms with Gasteiger partial charge in [0.2, 0.25) is 0 Å². The Balaban J connectivity index is 2.42. The van der Waals surface area contributed by atoms with Gasteiger partial charge in [-0.15, -0.1) is 0 Å². The summed E-state index contributed by atoms with van der Waals surface area (Å²) in [5.74, 6) is -1.19. The van der Waals surface area contributed by atoms with Crippen LogP contribution in [0.1, 0.15) is 37.9 Å². The minimum Gasteiger partial charge on any atom is -0.479 e. The van der Waals surface area contributed by atoms with Gasteiger partial charge in [-0.25, -0.2) is 18.0 Å². The van der Waals surface area contributed by atoms with Crippen LogP contribution in [0.3, 0.4) is 0 Å². The molecule has 1 heterocycles. The van der Waals surface area contributed by atoms with Crippen molar-refractivity contribution in [1.82, 2.24) is 4.90 Å². The monoisotopic (exact) mass is 341 g/mol. The van der Waals surface area contributed by atoms with E-state index in [-0.39, 0.29) is 11.4 Å². The first-order chi connectivity index (χ1) is 10.4. The van der Waals surface area contributed by atoms with Crippen LogP contribution in [0.2, 0.25) is 0 Å². The molecule has 1 N–H and O–H groups in total. The van der Waals surface area contributed by atoms with Crippen molar-refractivity contribution in [3.05, 3.63) is 29.3 Å². The molecule has 1 aromatic rings. The highest BCUT2D eigenvalue weighted by Crippen LogP contribution is 2.36. The van der Waals surface area contributed by atoms with E-state index in [9.17, 15) is 23.1 Å². The Kier molecular flexibility index (Phi) is 4.14. The van der Waals surface area contributed by atoms with E-state index in [1.54, 1.807) is 20.8 Å². The number of hydrogen-bond acceptors (Lipinski definition) is 5. The van der Waals surface area contributed by atoms with Gasteiger partial charge in [0.15, 0.2) is 15.9 Å². The number of nitrogens with zero attached hydrogens (tertiary/aromatic N) is 1. The molecule has 0 aliphatic carbocycles. The number of carbonyl (C=O) groups excluding carboxylic acids is 1. The lowest BCUT2D eigenvalue weighted by Gasteiger charge is -2.27. The minimum atomic E-state index is -3.41. The molecule has 0 radical (unpaired) electrons. The van der Waals surface area contributed by atoms with Crippen molar-refractivity contribution in [2.24, 2.45) is 0 Å². The van der Waals surface area contributed by atoms with Crippen molar-refractivity contribution in [2.75, 3.05) is 6.26 Å². The van der Waals surface area contributed by atoms with Crippen LogP contribution in [-0.2, 0) is 25.9 Å². The average Bonchev–Trinajstić information content (AvgIpc) is 2.73. The number of ether oxygens (including phenoxy) is 1. The number of benzene rings is 1. The van der Waals surface area contributed by atoms with E-state index in [1.165, 1.54) is 18.2 Å². The van der Waals surface area contributed by atoms with Crippen LogP contribution in [-0.4, -0.2) is 42.3 Å². The van der Waals surface area contributed by atoms with E-state index < -0.39 is 33.5 Å². The predicted octanol–water partition coefficient (Wildman–Crippen LogP) is 1.97. The number of fused-ring (bicyclic) bond motifs is 1. The molecule has 126 valence electrons. The summed E-state index contributed by atoms with van der Waals surface area (Å²) in [5.41, 5.74) is 0.134. The lowest BCUT2D eigenvalue weighted by atomic mass is 10.1. The normalized spacial score (nSPS) is 17.7. The lowest BCUT2D eigenvalue weighted by Crippen LogP contribution is -2.38. The molecule has 0 spiro atoms. The smallest absolute Gasteiger partial charge is 0.411 e. The standard InChI is InChI=1S/C15H19NO6S/c1-15(2,3)22-14(19)16-8-9-7-10(23(4,20)21)5-6-11(9)12(16)13(17)18/h5-7,12H,8H2,1-4H3,(H,17,18). The molecule has 1 amide bonds. The molecule has 2 rings (SSSR count). The second kappa shape index (κ2) is 5.52. The number of hydrogen-bond donors (Lipinski definition) is 1. The quantitative estimate of drug-likeness (QED) is 0.882. The van der Waals surface area contributed by atoms with Gasteiger partial charge in [0.25, 0.3) is 0 Å². The first-order valence-electron chi connectivity index (χ1n) is 6.95. The zero-order chi connectivity index (χ0) is 17.6. The number of rotatable bonds is 2. The summed E-state index contributed by atoms with van der Waals surface area (Å²) in [7, 11) is -3.41. The van der Waals surface area contributed by atoms with Crippen LogP contribution < -0.4 is 0 Å². The summed E-state index contributed by atoms with van der Waals surface area (Å²) >= 11 is 0. The first-order valence-corrected chi connectivity index (χ1v) is 8.84. The molecule has 1 unspecified atom stereocenters. The Morgan fingerprint density at radius 1 is 1.30 bits per heavy atom. The van der Waals surface area contributed by atoms with Crippen molar-refractivity contribution in [3.63, 3.8) is 0 Å². The van der Waals surface area contributed by atoms with E-state index in [4.69, 9.17) is 4.74 Å². The summed E-state index contributed by atoms with van der Waals surface area (Å²) in [6, 6.07) is 3.01. The zero-order valence-electron chi connectivity index (χ0n) is 13.4. The molecule has 1 aliphatic rings. The molecule has 0 saturated carbocycles. The fourth-order valence-electron chi connectivity index (χ4n) is 2.42. The van der Waals surface area contributed by atoms with Crippen molar-refractivity contribution in [1.29, 1.82) is 0 Å². The number of carbonyl (C=O) groups is 2. The van der Waals surface area contributed by atoms with Crippen LogP contribution in [0, 0.1) is 0 Å². The van der Waals surface area contributed by atoms with Crippen LogP contribution in [0.5, 0.6) is 0 Å². The second-order valence-electron chi connectivity index (χ2n) is 6.48. The number of carboxylic acid groups (broad SMARTS) is 1. The number of amides is 1. The molecule has 0 saturated heterocycles. The fraction of sp³-hybridized carbons (Fsp3) is 0.467. The van der Waals surface area contributed by atoms with Gasteiger partial charge in [0, 0.05) is 6.26 Å². The summed E-state index contributed by atoms with van der Waals surface area (Å²) in [6.45, 7) is 5.05. The maximum Gasteiger partial charge on any atom is 0.411 e.